The summed E-state index contributed by atoms with van der Waals surface area (Å²) in [5, 5.41) is 13.0. The Balaban J connectivity index is 1.94. The first-order chi connectivity index (χ1) is 9.60. The zero-order chi connectivity index (χ0) is 14.5. The number of nitrogens with zero attached hydrogens (tertiary/aromatic N) is 1. The van der Waals surface area contributed by atoms with E-state index in [4.69, 9.17) is 0 Å². The topological polar surface area (TPSA) is 52.6 Å². The second-order valence-electron chi connectivity index (χ2n) is 6.86. The molecule has 1 saturated heterocycles. The number of amides is 1. The van der Waals surface area contributed by atoms with Gasteiger partial charge in [0.2, 0.25) is 5.91 Å². The van der Waals surface area contributed by atoms with Gasteiger partial charge in [-0.25, -0.2) is 0 Å². The highest BCUT2D eigenvalue weighted by molar-refractivity contribution is 5.78. The number of carbonyl (C=O) groups excluding carboxylic acids is 1. The van der Waals surface area contributed by atoms with Gasteiger partial charge in [-0.15, -0.1) is 0 Å². The van der Waals surface area contributed by atoms with Gasteiger partial charge in [-0.1, -0.05) is 26.7 Å². The predicted molar refractivity (Wildman–Crippen MR) is 80.4 cm³/mol. The Labute approximate surface area is 122 Å². The zero-order valence-electron chi connectivity index (χ0n) is 13.0. The fraction of sp³-hybridized carbons (Fsp3) is 0.938. The molecule has 1 aliphatic heterocycles. The lowest BCUT2D eigenvalue weighted by Crippen LogP contribution is -2.54. The van der Waals surface area contributed by atoms with Gasteiger partial charge < -0.3 is 15.3 Å². The molecule has 4 heteroatoms. The predicted octanol–water partition coefficient (Wildman–Crippen LogP) is 1.77. The summed E-state index contributed by atoms with van der Waals surface area (Å²) < 4.78 is 0. The number of nitrogens with one attached hydrogen (secondary N) is 1. The van der Waals surface area contributed by atoms with E-state index in [1.807, 2.05) is 18.7 Å². The van der Waals surface area contributed by atoms with Crippen molar-refractivity contribution in [3.63, 3.8) is 0 Å². The number of likely N-dealkylation sites (tertiary alicyclic amines) is 1. The molecule has 20 heavy (non-hydrogen) atoms. The molecule has 2 unspecified atom stereocenters. The second kappa shape index (κ2) is 7.41. The minimum absolute atomic E-state index is 0.0648. The van der Waals surface area contributed by atoms with Crippen LogP contribution in [0.2, 0.25) is 0 Å². The third-order valence-corrected chi connectivity index (χ3v) is 4.71. The van der Waals surface area contributed by atoms with Crippen LogP contribution in [0.5, 0.6) is 0 Å². The van der Waals surface area contributed by atoms with Gasteiger partial charge in [-0.3, -0.25) is 4.79 Å². The molecule has 0 aromatic heterocycles. The molecule has 1 heterocycles. The van der Waals surface area contributed by atoms with Gasteiger partial charge in [0, 0.05) is 37.7 Å². The molecule has 0 spiro atoms. The maximum absolute atomic E-state index is 12.3. The molecule has 1 amide bonds. The molecule has 2 N–H and O–H groups in total. The molecular formula is C16H30N2O2. The quantitative estimate of drug-likeness (QED) is 0.808. The van der Waals surface area contributed by atoms with Crippen molar-refractivity contribution < 1.29 is 9.90 Å². The van der Waals surface area contributed by atoms with Crippen LogP contribution in [0.1, 0.15) is 52.4 Å². The largest absolute Gasteiger partial charge is 0.396 e. The maximum atomic E-state index is 12.3. The number of aliphatic hydroxyl groups is 1. The number of hydrogen-bond donors (Lipinski definition) is 2. The summed E-state index contributed by atoms with van der Waals surface area (Å²) in [7, 11) is 0. The van der Waals surface area contributed by atoms with Gasteiger partial charge in [0.1, 0.15) is 0 Å². The molecule has 2 fully saturated rings. The van der Waals surface area contributed by atoms with E-state index in [0.29, 0.717) is 18.0 Å². The second-order valence-corrected chi connectivity index (χ2v) is 6.86. The van der Waals surface area contributed by atoms with Gasteiger partial charge in [-0.2, -0.15) is 0 Å². The molecule has 0 radical (unpaired) electrons. The van der Waals surface area contributed by atoms with Crippen LogP contribution < -0.4 is 5.32 Å². The van der Waals surface area contributed by atoms with E-state index in [9.17, 15) is 9.90 Å². The first-order valence-corrected chi connectivity index (χ1v) is 8.25. The van der Waals surface area contributed by atoms with Crippen molar-refractivity contribution in [1.82, 2.24) is 10.2 Å². The van der Waals surface area contributed by atoms with Crippen LogP contribution in [0, 0.1) is 11.8 Å². The Morgan fingerprint density at radius 3 is 2.55 bits per heavy atom. The zero-order valence-corrected chi connectivity index (χ0v) is 13.0. The average molecular weight is 282 g/mol. The SMILES string of the molecule is CC(C)C(=O)N1CC(CCO)CC(NC2CCCC2)C1. The number of carbonyl (C=O) groups is 1. The molecule has 1 saturated carbocycles. The molecular weight excluding hydrogens is 252 g/mol. The molecule has 0 bridgehead atoms. The molecule has 116 valence electrons. The molecule has 1 aliphatic carbocycles. The number of aliphatic hydroxyl groups excluding tert-OH is 1. The maximum Gasteiger partial charge on any atom is 0.225 e. The minimum Gasteiger partial charge on any atom is -0.396 e. The van der Waals surface area contributed by atoms with Crippen molar-refractivity contribution in [2.45, 2.75) is 64.5 Å². The average Bonchev–Trinajstić information content (AvgIpc) is 2.90. The highest BCUT2D eigenvalue weighted by atomic mass is 16.3. The third kappa shape index (κ3) is 4.19. The summed E-state index contributed by atoms with van der Waals surface area (Å²) in [5.41, 5.74) is 0. The number of piperidine rings is 1. The van der Waals surface area contributed by atoms with E-state index < -0.39 is 0 Å². The van der Waals surface area contributed by atoms with Gasteiger partial charge >= 0.3 is 0 Å². The summed E-state index contributed by atoms with van der Waals surface area (Å²) in [6, 6.07) is 1.05. The van der Waals surface area contributed by atoms with Crippen LogP contribution in [0.4, 0.5) is 0 Å². The van der Waals surface area contributed by atoms with Crippen molar-refractivity contribution in [3.8, 4) is 0 Å². The summed E-state index contributed by atoms with van der Waals surface area (Å²) in [6.07, 6.45) is 7.13. The van der Waals surface area contributed by atoms with Crippen LogP contribution in [0.3, 0.4) is 0 Å². The van der Waals surface area contributed by atoms with Crippen LogP contribution in [0.25, 0.3) is 0 Å². The van der Waals surface area contributed by atoms with Crippen molar-refractivity contribution >= 4 is 5.91 Å². The van der Waals surface area contributed by atoms with E-state index in [-0.39, 0.29) is 18.4 Å². The molecule has 0 aromatic rings. The summed E-state index contributed by atoms with van der Waals surface area (Å²) in [6.45, 7) is 5.83. The molecule has 2 rings (SSSR count). The lowest BCUT2D eigenvalue weighted by Gasteiger charge is -2.40. The Bertz CT molecular complexity index is 314. The summed E-state index contributed by atoms with van der Waals surface area (Å²) >= 11 is 0. The van der Waals surface area contributed by atoms with Crippen molar-refractivity contribution in [2.75, 3.05) is 19.7 Å². The Morgan fingerprint density at radius 1 is 1.25 bits per heavy atom. The lowest BCUT2D eigenvalue weighted by molar-refractivity contribution is -0.137. The lowest BCUT2D eigenvalue weighted by atomic mass is 9.90. The van der Waals surface area contributed by atoms with Crippen LogP contribution >= 0.6 is 0 Å². The smallest absolute Gasteiger partial charge is 0.225 e. The molecule has 2 atom stereocenters. The highest BCUT2D eigenvalue weighted by Crippen LogP contribution is 2.24. The first kappa shape index (κ1) is 15.8. The van der Waals surface area contributed by atoms with Crippen LogP contribution in [-0.4, -0.2) is 47.7 Å². The van der Waals surface area contributed by atoms with E-state index in [1.165, 1.54) is 25.7 Å². The van der Waals surface area contributed by atoms with Gasteiger partial charge in [0.15, 0.2) is 0 Å². The molecule has 0 aromatic carbocycles. The van der Waals surface area contributed by atoms with Crippen molar-refractivity contribution in [1.29, 1.82) is 0 Å². The number of hydrogen-bond acceptors (Lipinski definition) is 3. The Kier molecular flexibility index (Phi) is 5.85. The van der Waals surface area contributed by atoms with Crippen molar-refractivity contribution in [2.24, 2.45) is 11.8 Å². The Hall–Kier alpha value is -0.610. The normalized spacial score (nSPS) is 28.3. The molecule has 2 aliphatic rings. The molecule has 4 nitrogen and oxygen atoms in total. The van der Waals surface area contributed by atoms with E-state index in [2.05, 4.69) is 5.32 Å². The van der Waals surface area contributed by atoms with Crippen LogP contribution in [0.15, 0.2) is 0 Å². The van der Waals surface area contributed by atoms with E-state index in [1.54, 1.807) is 0 Å². The van der Waals surface area contributed by atoms with Gasteiger partial charge in [0.25, 0.3) is 0 Å². The number of rotatable bonds is 5. The Morgan fingerprint density at radius 2 is 1.95 bits per heavy atom. The first-order valence-electron chi connectivity index (χ1n) is 8.25. The summed E-state index contributed by atoms with van der Waals surface area (Å²) in [4.78, 5) is 14.3. The monoisotopic (exact) mass is 282 g/mol. The standard InChI is InChI=1S/C16H30N2O2/c1-12(2)16(20)18-10-13(7-8-19)9-15(11-18)17-14-5-3-4-6-14/h12-15,17,19H,3-11H2,1-2H3. The van der Waals surface area contributed by atoms with E-state index in [0.717, 1.165) is 25.9 Å². The fourth-order valence-corrected chi connectivity index (χ4v) is 3.69. The van der Waals surface area contributed by atoms with Gasteiger partial charge in [0.05, 0.1) is 0 Å². The fourth-order valence-electron chi connectivity index (χ4n) is 3.69. The minimum atomic E-state index is 0.0648. The van der Waals surface area contributed by atoms with E-state index >= 15 is 0 Å². The van der Waals surface area contributed by atoms with Crippen LogP contribution in [-0.2, 0) is 4.79 Å². The third-order valence-electron chi connectivity index (χ3n) is 4.71. The van der Waals surface area contributed by atoms with Gasteiger partial charge in [-0.05, 0) is 31.6 Å². The highest BCUT2D eigenvalue weighted by Gasteiger charge is 2.32. The summed E-state index contributed by atoms with van der Waals surface area (Å²) in [5.74, 6) is 0.760. The van der Waals surface area contributed by atoms with Crippen molar-refractivity contribution in [3.05, 3.63) is 0 Å².